The van der Waals surface area contributed by atoms with Gasteiger partial charge in [-0.15, -0.1) is 0 Å². The highest BCUT2D eigenvalue weighted by atomic mass is 16.3. The first-order chi connectivity index (χ1) is 9.41. The maximum atomic E-state index is 12.1. The van der Waals surface area contributed by atoms with Gasteiger partial charge in [-0.25, -0.2) is 0 Å². The Kier molecular flexibility index (Phi) is 4.28. The summed E-state index contributed by atoms with van der Waals surface area (Å²) in [6, 6.07) is 1.77. The van der Waals surface area contributed by atoms with Crippen molar-refractivity contribution >= 4 is 5.91 Å². The average molecular weight is 278 g/mol. The molecule has 20 heavy (non-hydrogen) atoms. The van der Waals surface area contributed by atoms with Crippen LogP contribution in [0.1, 0.15) is 53.7 Å². The summed E-state index contributed by atoms with van der Waals surface area (Å²) in [4.78, 5) is 26.6. The number of aliphatic hydroxyl groups is 1. The van der Waals surface area contributed by atoms with Crippen LogP contribution in [0.25, 0.3) is 0 Å². The van der Waals surface area contributed by atoms with E-state index in [-0.39, 0.29) is 17.7 Å². The van der Waals surface area contributed by atoms with Crippen molar-refractivity contribution < 1.29 is 9.90 Å². The van der Waals surface area contributed by atoms with Crippen molar-refractivity contribution in [3.8, 4) is 0 Å². The lowest BCUT2D eigenvalue weighted by atomic mass is 9.85. The van der Waals surface area contributed by atoms with Gasteiger partial charge < -0.3 is 15.4 Å². The Morgan fingerprint density at radius 1 is 1.35 bits per heavy atom. The molecular weight excluding hydrogens is 256 g/mol. The van der Waals surface area contributed by atoms with Gasteiger partial charge in [-0.3, -0.25) is 9.59 Å². The molecule has 1 aromatic rings. The second kappa shape index (κ2) is 5.79. The Morgan fingerprint density at radius 2 is 2.00 bits per heavy atom. The highest BCUT2D eigenvalue weighted by Crippen LogP contribution is 2.27. The lowest BCUT2D eigenvalue weighted by Crippen LogP contribution is -2.45. The first kappa shape index (κ1) is 14.8. The third-order valence-corrected chi connectivity index (χ3v) is 3.95. The van der Waals surface area contributed by atoms with E-state index in [1.165, 1.54) is 0 Å². The Balaban J connectivity index is 2.07. The van der Waals surface area contributed by atoms with Gasteiger partial charge in [0, 0.05) is 12.2 Å². The summed E-state index contributed by atoms with van der Waals surface area (Å²) in [6.07, 6.45) is 4.51. The molecule has 0 aromatic carbocycles. The lowest BCUT2D eigenvalue weighted by Gasteiger charge is -2.32. The molecule has 0 aliphatic heterocycles. The van der Waals surface area contributed by atoms with Crippen LogP contribution in [0.5, 0.6) is 0 Å². The molecule has 1 amide bonds. The summed E-state index contributed by atoms with van der Waals surface area (Å²) in [7, 11) is 0. The van der Waals surface area contributed by atoms with Crippen molar-refractivity contribution in [2.24, 2.45) is 0 Å². The van der Waals surface area contributed by atoms with E-state index in [1.807, 2.05) is 0 Å². The molecule has 110 valence electrons. The van der Waals surface area contributed by atoms with Crippen LogP contribution in [-0.2, 0) is 0 Å². The summed E-state index contributed by atoms with van der Waals surface area (Å²) in [6.45, 7) is 3.73. The number of amides is 1. The molecule has 5 heteroatoms. The Labute approximate surface area is 118 Å². The molecule has 0 atom stereocenters. The summed E-state index contributed by atoms with van der Waals surface area (Å²) in [5.74, 6) is -0.414. The number of nitrogens with one attached hydrogen (secondary N) is 2. The topological polar surface area (TPSA) is 82.2 Å². The standard InChI is InChI=1S/C15H22N2O3/c1-10-8-11(2)17-14(19)12(10)13(18)16-9-15(20)6-4-3-5-7-15/h8,20H,3-7,9H2,1-2H3,(H,16,18)(H,17,19). The van der Waals surface area contributed by atoms with Gasteiger partial charge in [-0.1, -0.05) is 19.3 Å². The molecule has 0 spiro atoms. The average Bonchev–Trinajstić information content (AvgIpc) is 2.36. The zero-order valence-corrected chi connectivity index (χ0v) is 12.1. The van der Waals surface area contributed by atoms with Crippen LogP contribution in [0.3, 0.4) is 0 Å². The Bertz CT molecular complexity index is 557. The van der Waals surface area contributed by atoms with E-state index in [4.69, 9.17) is 0 Å². The number of carbonyl (C=O) groups excluding carboxylic acids is 1. The first-order valence-corrected chi connectivity index (χ1v) is 7.12. The van der Waals surface area contributed by atoms with Crippen LogP contribution in [0.2, 0.25) is 0 Å². The van der Waals surface area contributed by atoms with Gasteiger partial charge in [0.1, 0.15) is 5.56 Å². The first-order valence-electron chi connectivity index (χ1n) is 7.12. The zero-order chi connectivity index (χ0) is 14.8. The lowest BCUT2D eigenvalue weighted by molar-refractivity contribution is 0.00523. The quantitative estimate of drug-likeness (QED) is 0.782. The summed E-state index contributed by atoms with van der Waals surface area (Å²) >= 11 is 0. The maximum Gasteiger partial charge on any atom is 0.261 e. The second-order valence-electron chi connectivity index (χ2n) is 5.81. The third kappa shape index (κ3) is 3.28. The smallest absolute Gasteiger partial charge is 0.261 e. The fourth-order valence-electron chi connectivity index (χ4n) is 2.86. The number of carbonyl (C=O) groups is 1. The zero-order valence-electron chi connectivity index (χ0n) is 12.1. The van der Waals surface area contributed by atoms with E-state index in [2.05, 4.69) is 10.3 Å². The van der Waals surface area contributed by atoms with Crippen molar-refractivity contribution in [1.29, 1.82) is 0 Å². The highest BCUT2D eigenvalue weighted by Gasteiger charge is 2.30. The minimum Gasteiger partial charge on any atom is -0.388 e. The number of hydrogen-bond acceptors (Lipinski definition) is 3. The highest BCUT2D eigenvalue weighted by molar-refractivity contribution is 5.95. The summed E-state index contributed by atoms with van der Waals surface area (Å²) in [5, 5.41) is 13.1. The van der Waals surface area contributed by atoms with E-state index in [1.54, 1.807) is 19.9 Å². The van der Waals surface area contributed by atoms with Crippen molar-refractivity contribution in [2.75, 3.05) is 6.54 Å². The van der Waals surface area contributed by atoms with Crippen molar-refractivity contribution in [3.05, 3.63) is 33.2 Å². The number of aromatic amines is 1. The molecule has 0 radical (unpaired) electrons. The second-order valence-corrected chi connectivity index (χ2v) is 5.81. The molecule has 1 heterocycles. The van der Waals surface area contributed by atoms with Gasteiger partial charge >= 0.3 is 0 Å². The number of aryl methyl sites for hydroxylation is 2. The molecule has 0 saturated heterocycles. The van der Waals surface area contributed by atoms with Crippen LogP contribution in [0, 0.1) is 13.8 Å². The largest absolute Gasteiger partial charge is 0.388 e. The molecule has 3 N–H and O–H groups in total. The van der Waals surface area contributed by atoms with Gasteiger partial charge in [0.05, 0.1) is 5.60 Å². The van der Waals surface area contributed by atoms with Crippen LogP contribution in [-0.4, -0.2) is 28.1 Å². The molecule has 0 unspecified atom stereocenters. The number of H-pyrrole nitrogens is 1. The molecule has 5 nitrogen and oxygen atoms in total. The van der Waals surface area contributed by atoms with Crippen LogP contribution < -0.4 is 10.9 Å². The monoisotopic (exact) mass is 278 g/mol. The van der Waals surface area contributed by atoms with Crippen LogP contribution >= 0.6 is 0 Å². The molecule has 2 rings (SSSR count). The third-order valence-electron chi connectivity index (χ3n) is 3.95. The van der Waals surface area contributed by atoms with Crippen molar-refractivity contribution in [1.82, 2.24) is 10.3 Å². The minimum absolute atomic E-state index is 0.134. The molecular formula is C15H22N2O3. The molecule has 1 aliphatic rings. The predicted octanol–water partition coefficient (Wildman–Crippen LogP) is 1.42. The number of rotatable bonds is 3. The fraction of sp³-hybridized carbons (Fsp3) is 0.600. The van der Waals surface area contributed by atoms with E-state index in [0.717, 1.165) is 25.0 Å². The summed E-state index contributed by atoms with van der Waals surface area (Å²) in [5.41, 5.74) is 0.319. The van der Waals surface area contributed by atoms with Crippen molar-refractivity contribution in [2.45, 2.75) is 51.6 Å². The Hall–Kier alpha value is -1.62. The van der Waals surface area contributed by atoms with Gasteiger partial charge in [0.25, 0.3) is 11.5 Å². The van der Waals surface area contributed by atoms with E-state index < -0.39 is 11.5 Å². The summed E-state index contributed by atoms with van der Waals surface area (Å²) < 4.78 is 0. The van der Waals surface area contributed by atoms with Crippen molar-refractivity contribution in [3.63, 3.8) is 0 Å². The SMILES string of the molecule is Cc1cc(C)c(C(=O)NCC2(O)CCCCC2)c(=O)[nH]1. The molecule has 1 fully saturated rings. The molecule has 0 bridgehead atoms. The van der Waals surface area contributed by atoms with E-state index in [0.29, 0.717) is 18.4 Å². The molecule has 1 saturated carbocycles. The number of aromatic nitrogens is 1. The Morgan fingerprint density at radius 3 is 2.60 bits per heavy atom. The van der Waals surface area contributed by atoms with E-state index in [9.17, 15) is 14.7 Å². The van der Waals surface area contributed by atoms with Gasteiger partial charge in [0.15, 0.2) is 0 Å². The minimum atomic E-state index is -0.820. The molecule has 1 aliphatic carbocycles. The number of hydrogen-bond donors (Lipinski definition) is 3. The van der Waals surface area contributed by atoms with Gasteiger partial charge in [-0.05, 0) is 38.3 Å². The van der Waals surface area contributed by atoms with Crippen LogP contribution in [0.4, 0.5) is 0 Å². The van der Waals surface area contributed by atoms with E-state index >= 15 is 0 Å². The van der Waals surface area contributed by atoms with Crippen LogP contribution in [0.15, 0.2) is 10.9 Å². The normalized spacial score (nSPS) is 17.8. The maximum absolute atomic E-state index is 12.1. The fourth-order valence-corrected chi connectivity index (χ4v) is 2.86. The van der Waals surface area contributed by atoms with Gasteiger partial charge in [0.2, 0.25) is 0 Å². The van der Waals surface area contributed by atoms with Gasteiger partial charge in [-0.2, -0.15) is 0 Å². The predicted molar refractivity (Wildman–Crippen MR) is 76.9 cm³/mol. The number of pyridine rings is 1. The molecule has 1 aromatic heterocycles.